The van der Waals surface area contributed by atoms with Crippen molar-refractivity contribution in [2.75, 3.05) is 5.32 Å². The molecular formula is C14H21NO. The smallest absolute Gasteiger partial charge is 0.120 e. The van der Waals surface area contributed by atoms with E-state index in [4.69, 9.17) is 0 Å². The standard InChI is InChI=1S/C14H21NO/c1-10-4-5-11(8-13(10)16)15-12-6-7-14(2,3)9-12/h4-5,8,12,15-16H,6-7,9H2,1-3H3. The molecule has 1 unspecified atom stereocenters. The minimum Gasteiger partial charge on any atom is -0.508 e. The molecule has 0 aromatic heterocycles. The molecule has 1 aliphatic rings. The lowest BCUT2D eigenvalue weighted by atomic mass is 9.92. The summed E-state index contributed by atoms with van der Waals surface area (Å²) in [4.78, 5) is 0. The lowest BCUT2D eigenvalue weighted by Gasteiger charge is -2.18. The van der Waals surface area contributed by atoms with E-state index in [0.29, 0.717) is 17.2 Å². The zero-order chi connectivity index (χ0) is 11.8. The third kappa shape index (κ3) is 2.49. The minimum absolute atomic E-state index is 0.377. The van der Waals surface area contributed by atoms with Gasteiger partial charge in [-0.2, -0.15) is 0 Å². The Kier molecular flexibility index (Phi) is 2.83. The minimum atomic E-state index is 0.377. The molecule has 2 N–H and O–H groups in total. The molecule has 0 radical (unpaired) electrons. The number of aryl methyl sites for hydroxylation is 1. The van der Waals surface area contributed by atoms with Crippen molar-refractivity contribution in [2.45, 2.75) is 46.1 Å². The van der Waals surface area contributed by atoms with Crippen LogP contribution >= 0.6 is 0 Å². The van der Waals surface area contributed by atoms with Crippen LogP contribution in [0, 0.1) is 12.3 Å². The summed E-state index contributed by atoms with van der Waals surface area (Å²) in [5.41, 5.74) is 2.42. The first-order valence-electron chi connectivity index (χ1n) is 6.02. The van der Waals surface area contributed by atoms with Gasteiger partial charge >= 0.3 is 0 Å². The Morgan fingerprint density at radius 1 is 1.38 bits per heavy atom. The first-order chi connectivity index (χ1) is 7.46. The molecular weight excluding hydrogens is 198 g/mol. The number of hydrogen-bond acceptors (Lipinski definition) is 2. The number of phenolic OH excluding ortho intramolecular Hbond substituents is 1. The maximum absolute atomic E-state index is 9.64. The highest BCUT2D eigenvalue weighted by Crippen LogP contribution is 2.38. The molecule has 2 heteroatoms. The molecule has 1 saturated carbocycles. The summed E-state index contributed by atoms with van der Waals surface area (Å²) in [5.74, 6) is 0.377. The molecule has 1 atom stereocenters. The van der Waals surface area contributed by atoms with Gasteiger partial charge in [0.2, 0.25) is 0 Å². The molecule has 0 spiro atoms. The zero-order valence-corrected chi connectivity index (χ0v) is 10.4. The van der Waals surface area contributed by atoms with Gasteiger partial charge in [-0.05, 0) is 43.2 Å². The molecule has 1 aromatic rings. The Bertz CT molecular complexity index is 384. The quantitative estimate of drug-likeness (QED) is 0.795. The largest absolute Gasteiger partial charge is 0.508 e. The third-order valence-corrected chi connectivity index (χ3v) is 3.55. The molecule has 1 aliphatic carbocycles. The first kappa shape index (κ1) is 11.3. The molecule has 0 amide bonds. The summed E-state index contributed by atoms with van der Waals surface area (Å²) in [6.45, 7) is 6.56. The zero-order valence-electron chi connectivity index (χ0n) is 10.4. The number of benzene rings is 1. The van der Waals surface area contributed by atoms with Gasteiger partial charge in [0.25, 0.3) is 0 Å². The average molecular weight is 219 g/mol. The van der Waals surface area contributed by atoms with E-state index in [0.717, 1.165) is 11.3 Å². The molecule has 1 fully saturated rings. The van der Waals surface area contributed by atoms with Crippen molar-refractivity contribution in [1.29, 1.82) is 0 Å². The van der Waals surface area contributed by atoms with Crippen LogP contribution < -0.4 is 5.32 Å². The summed E-state index contributed by atoms with van der Waals surface area (Å²) >= 11 is 0. The summed E-state index contributed by atoms with van der Waals surface area (Å²) in [7, 11) is 0. The number of anilines is 1. The lowest BCUT2D eigenvalue weighted by Crippen LogP contribution is -2.17. The van der Waals surface area contributed by atoms with Crippen LogP contribution in [0.1, 0.15) is 38.7 Å². The fourth-order valence-corrected chi connectivity index (χ4v) is 2.49. The third-order valence-electron chi connectivity index (χ3n) is 3.55. The van der Waals surface area contributed by atoms with E-state index >= 15 is 0 Å². The van der Waals surface area contributed by atoms with Crippen LogP contribution in [0.25, 0.3) is 0 Å². The number of hydrogen-bond donors (Lipinski definition) is 2. The van der Waals surface area contributed by atoms with Gasteiger partial charge in [-0.3, -0.25) is 0 Å². The fraction of sp³-hybridized carbons (Fsp3) is 0.571. The normalized spacial score (nSPS) is 23.3. The number of rotatable bonds is 2. The number of aromatic hydroxyl groups is 1. The monoisotopic (exact) mass is 219 g/mol. The van der Waals surface area contributed by atoms with Crippen LogP contribution in [0.15, 0.2) is 18.2 Å². The van der Waals surface area contributed by atoms with E-state index in [1.807, 2.05) is 25.1 Å². The van der Waals surface area contributed by atoms with Crippen LogP contribution in [-0.2, 0) is 0 Å². The second-order valence-electron chi connectivity index (χ2n) is 5.75. The molecule has 2 rings (SSSR count). The van der Waals surface area contributed by atoms with Crippen LogP contribution in [0.5, 0.6) is 5.75 Å². The van der Waals surface area contributed by atoms with Gasteiger partial charge in [0.05, 0.1) is 0 Å². The van der Waals surface area contributed by atoms with E-state index in [9.17, 15) is 5.11 Å². The average Bonchev–Trinajstić information content (AvgIpc) is 2.52. The van der Waals surface area contributed by atoms with Crippen molar-refractivity contribution in [3.8, 4) is 5.75 Å². The van der Waals surface area contributed by atoms with Gasteiger partial charge in [-0.15, -0.1) is 0 Å². The summed E-state index contributed by atoms with van der Waals surface area (Å²) in [6, 6.07) is 6.37. The van der Waals surface area contributed by atoms with E-state index in [2.05, 4.69) is 19.2 Å². The van der Waals surface area contributed by atoms with E-state index < -0.39 is 0 Å². The first-order valence-corrected chi connectivity index (χ1v) is 6.02. The van der Waals surface area contributed by atoms with Gasteiger partial charge in [-0.1, -0.05) is 19.9 Å². The number of phenols is 1. The predicted octanol–water partition coefficient (Wildman–Crippen LogP) is 3.69. The van der Waals surface area contributed by atoms with Crippen LogP contribution in [-0.4, -0.2) is 11.1 Å². The van der Waals surface area contributed by atoms with Gasteiger partial charge in [0.15, 0.2) is 0 Å². The van der Waals surface area contributed by atoms with Crippen molar-refractivity contribution >= 4 is 5.69 Å². The maximum atomic E-state index is 9.64. The molecule has 0 saturated heterocycles. The van der Waals surface area contributed by atoms with Crippen LogP contribution in [0.4, 0.5) is 5.69 Å². The molecule has 0 bridgehead atoms. The van der Waals surface area contributed by atoms with Gasteiger partial charge in [-0.25, -0.2) is 0 Å². The molecule has 2 nitrogen and oxygen atoms in total. The Hall–Kier alpha value is -1.18. The lowest BCUT2D eigenvalue weighted by molar-refractivity contribution is 0.378. The summed E-state index contributed by atoms with van der Waals surface area (Å²) < 4.78 is 0. The predicted molar refractivity (Wildman–Crippen MR) is 67.9 cm³/mol. The highest BCUT2D eigenvalue weighted by Gasteiger charge is 2.30. The van der Waals surface area contributed by atoms with E-state index in [1.165, 1.54) is 19.3 Å². The van der Waals surface area contributed by atoms with E-state index in [1.54, 1.807) is 0 Å². The second kappa shape index (κ2) is 4.00. The van der Waals surface area contributed by atoms with Crippen molar-refractivity contribution in [1.82, 2.24) is 0 Å². The number of nitrogens with one attached hydrogen (secondary N) is 1. The molecule has 1 aromatic carbocycles. The maximum Gasteiger partial charge on any atom is 0.120 e. The Morgan fingerprint density at radius 2 is 2.12 bits per heavy atom. The molecule has 0 heterocycles. The molecule has 0 aliphatic heterocycles. The van der Waals surface area contributed by atoms with Crippen LogP contribution in [0.3, 0.4) is 0 Å². The highest BCUT2D eigenvalue weighted by atomic mass is 16.3. The second-order valence-corrected chi connectivity index (χ2v) is 5.75. The van der Waals surface area contributed by atoms with Gasteiger partial charge in [0, 0.05) is 17.8 Å². The van der Waals surface area contributed by atoms with Gasteiger partial charge < -0.3 is 10.4 Å². The fourth-order valence-electron chi connectivity index (χ4n) is 2.49. The highest BCUT2D eigenvalue weighted by molar-refractivity contribution is 5.51. The summed E-state index contributed by atoms with van der Waals surface area (Å²) in [6.07, 6.45) is 3.71. The Balaban J connectivity index is 2.02. The van der Waals surface area contributed by atoms with Crippen molar-refractivity contribution < 1.29 is 5.11 Å². The topological polar surface area (TPSA) is 32.3 Å². The van der Waals surface area contributed by atoms with Crippen molar-refractivity contribution in [3.63, 3.8) is 0 Å². The summed E-state index contributed by atoms with van der Waals surface area (Å²) in [5, 5.41) is 13.1. The SMILES string of the molecule is Cc1ccc(NC2CCC(C)(C)C2)cc1O. The molecule has 16 heavy (non-hydrogen) atoms. The van der Waals surface area contributed by atoms with E-state index in [-0.39, 0.29) is 0 Å². The molecule has 88 valence electrons. The van der Waals surface area contributed by atoms with Crippen molar-refractivity contribution in [3.05, 3.63) is 23.8 Å². The Labute approximate surface area is 97.7 Å². The van der Waals surface area contributed by atoms with Crippen LogP contribution in [0.2, 0.25) is 0 Å². The Morgan fingerprint density at radius 3 is 2.69 bits per heavy atom. The van der Waals surface area contributed by atoms with Gasteiger partial charge in [0.1, 0.15) is 5.75 Å². The van der Waals surface area contributed by atoms with Crippen molar-refractivity contribution in [2.24, 2.45) is 5.41 Å².